The van der Waals surface area contributed by atoms with Crippen LogP contribution in [0.2, 0.25) is 0 Å². The highest BCUT2D eigenvalue weighted by atomic mass is 32.1. The Morgan fingerprint density at radius 1 is 1.52 bits per heavy atom. The summed E-state index contributed by atoms with van der Waals surface area (Å²) in [6.45, 7) is 9.14. The minimum Gasteiger partial charge on any atom is -0.378 e. The van der Waals surface area contributed by atoms with Crippen molar-refractivity contribution in [3.63, 3.8) is 0 Å². The van der Waals surface area contributed by atoms with E-state index in [0.29, 0.717) is 0 Å². The van der Waals surface area contributed by atoms with Crippen molar-refractivity contribution in [1.29, 1.82) is 0 Å². The largest absolute Gasteiger partial charge is 0.378 e. The summed E-state index contributed by atoms with van der Waals surface area (Å²) in [7, 11) is 0. The van der Waals surface area contributed by atoms with Crippen molar-refractivity contribution in [2.45, 2.75) is 58.5 Å². The Morgan fingerprint density at radius 3 is 2.86 bits per heavy atom. The number of nitrogens with one attached hydrogen (secondary N) is 1. The van der Waals surface area contributed by atoms with Gasteiger partial charge in [-0.2, -0.15) is 0 Å². The molecule has 1 saturated heterocycles. The molecule has 0 radical (unpaired) electrons. The van der Waals surface area contributed by atoms with Crippen LogP contribution in [-0.2, 0) is 9.53 Å². The maximum Gasteiger partial charge on any atom is 0.241 e. The molecule has 0 aromatic carbocycles. The van der Waals surface area contributed by atoms with Gasteiger partial charge in [0.15, 0.2) is 0 Å². The van der Waals surface area contributed by atoms with Crippen LogP contribution in [0.3, 0.4) is 0 Å². The minimum atomic E-state index is -0.112. The molecule has 2 heterocycles. The van der Waals surface area contributed by atoms with Gasteiger partial charge in [0, 0.05) is 22.9 Å². The number of hydrogen-bond acceptors (Lipinski definition) is 4. The lowest BCUT2D eigenvalue weighted by atomic mass is 9.63. The summed E-state index contributed by atoms with van der Waals surface area (Å²) in [6.07, 6.45) is 1.20. The maximum atomic E-state index is 12.6. The second-order valence-electron chi connectivity index (χ2n) is 6.57. The van der Waals surface area contributed by atoms with Crippen LogP contribution in [0.25, 0.3) is 0 Å². The Kier molecular flexibility index (Phi) is 3.84. The number of hydrogen-bond donors (Lipinski definition) is 1. The third kappa shape index (κ3) is 2.31. The molecule has 5 heteroatoms. The lowest BCUT2D eigenvalue weighted by molar-refractivity contribution is -0.168. The fraction of sp³-hybridized carbons (Fsp3) is 0.688. The van der Waals surface area contributed by atoms with Crippen LogP contribution < -0.4 is 5.32 Å². The molecule has 21 heavy (non-hydrogen) atoms. The van der Waals surface area contributed by atoms with Gasteiger partial charge in [0.2, 0.25) is 5.91 Å². The molecule has 116 valence electrons. The van der Waals surface area contributed by atoms with Crippen LogP contribution in [-0.4, -0.2) is 35.6 Å². The summed E-state index contributed by atoms with van der Waals surface area (Å²) in [5, 5.41) is 5.50. The van der Waals surface area contributed by atoms with Crippen LogP contribution in [0, 0.1) is 5.41 Å². The number of amides is 1. The van der Waals surface area contributed by atoms with Gasteiger partial charge in [0.1, 0.15) is 6.17 Å². The van der Waals surface area contributed by atoms with Crippen molar-refractivity contribution >= 4 is 17.2 Å². The molecule has 1 N–H and O–H groups in total. The minimum absolute atomic E-state index is 0.00686. The molecule has 4 unspecified atom stereocenters. The van der Waals surface area contributed by atoms with E-state index >= 15 is 0 Å². The first kappa shape index (κ1) is 15.0. The molecule has 1 aliphatic carbocycles. The van der Waals surface area contributed by atoms with Gasteiger partial charge in [-0.1, -0.05) is 19.9 Å². The van der Waals surface area contributed by atoms with E-state index in [9.17, 15) is 4.79 Å². The summed E-state index contributed by atoms with van der Waals surface area (Å²) in [5.41, 5.74) is 0.00686. The van der Waals surface area contributed by atoms with Gasteiger partial charge in [0.05, 0.1) is 12.1 Å². The average molecular weight is 308 g/mol. The molecule has 1 aliphatic heterocycles. The Bertz CT molecular complexity index is 514. The SMILES string of the molecule is CCOC1CC(N2C(=O)C(C)NC2c2cccs2)C1(C)C. The maximum absolute atomic E-state index is 12.6. The van der Waals surface area contributed by atoms with Crippen molar-refractivity contribution in [3.8, 4) is 0 Å². The average Bonchev–Trinajstić information content (AvgIpc) is 3.05. The number of ether oxygens (including phenoxy) is 1. The van der Waals surface area contributed by atoms with E-state index in [-0.39, 0.29) is 35.7 Å². The molecule has 2 fully saturated rings. The summed E-state index contributed by atoms with van der Waals surface area (Å²) >= 11 is 1.70. The molecule has 2 aliphatic rings. The number of rotatable bonds is 4. The zero-order valence-corrected chi connectivity index (χ0v) is 13.9. The molecule has 1 aromatic heterocycles. The molecule has 1 amide bonds. The zero-order valence-electron chi connectivity index (χ0n) is 13.1. The first-order chi connectivity index (χ1) is 9.96. The summed E-state index contributed by atoms with van der Waals surface area (Å²) < 4.78 is 5.82. The van der Waals surface area contributed by atoms with Gasteiger partial charge in [0.25, 0.3) is 0 Å². The number of carbonyl (C=O) groups is 1. The first-order valence-corrected chi connectivity index (χ1v) is 8.58. The van der Waals surface area contributed by atoms with E-state index in [1.807, 2.05) is 19.9 Å². The third-order valence-electron chi connectivity index (χ3n) is 4.95. The topological polar surface area (TPSA) is 41.6 Å². The van der Waals surface area contributed by atoms with Gasteiger partial charge < -0.3 is 9.64 Å². The van der Waals surface area contributed by atoms with Crippen molar-refractivity contribution in [2.75, 3.05) is 6.61 Å². The molecule has 1 saturated carbocycles. The summed E-state index contributed by atoms with van der Waals surface area (Å²) in [4.78, 5) is 15.9. The van der Waals surface area contributed by atoms with Gasteiger partial charge >= 0.3 is 0 Å². The standard InChI is InChI=1S/C16H24N2O2S/c1-5-20-13-9-12(16(13,3)4)18-14(11-7-6-8-21-11)17-10(2)15(18)19/h6-8,10,12-14,17H,5,9H2,1-4H3. The van der Waals surface area contributed by atoms with Crippen LogP contribution >= 0.6 is 11.3 Å². The Labute approximate surface area is 130 Å². The Hall–Kier alpha value is -0.910. The highest BCUT2D eigenvalue weighted by Crippen LogP contribution is 2.49. The number of carbonyl (C=O) groups excluding carboxylic acids is 1. The highest BCUT2D eigenvalue weighted by Gasteiger charge is 2.56. The molecule has 3 rings (SSSR count). The molecular formula is C16H24N2O2S. The van der Waals surface area contributed by atoms with Gasteiger partial charge in [-0.25, -0.2) is 0 Å². The van der Waals surface area contributed by atoms with Crippen molar-refractivity contribution in [3.05, 3.63) is 22.4 Å². The molecule has 0 bridgehead atoms. The van der Waals surface area contributed by atoms with E-state index in [2.05, 4.69) is 35.5 Å². The first-order valence-electron chi connectivity index (χ1n) is 7.70. The second kappa shape index (κ2) is 5.38. The van der Waals surface area contributed by atoms with Crippen LogP contribution in [0.5, 0.6) is 0 Å². The highest BCUT2D eigenvalue weighted by molar-refractivity contribution is 7.10. The van der Waals surface area contributed by atoms with Crippen molar-refractivity contribution in [2.24, 2.45) is 5.41 Å². The number of nitrogens with zero attached hydrogens (tertiary/aromatic N) is 1. The second-order valence-corrected chi connectivity index (χ2v) is 7.55. The van der Waals surface area contributed by atoms with Gasteiger partial charge in [-0.15, -0.1) is 11.3 Å². The summed E-state index contributed by atoms with van der Waals surface area (Å²) in [6, 6.07) is 4.28. The molecule has 4 atom stereocenters. The van der Waals surface area contributed by atoms with E-state index < -0.39 is 0 Å². The number of thiophene rings is 1. The van der Waals surface area contributed by atoms with Crippen LogP contribution in [0.15, 0.2) is 17.5 Å². The van der Waals surface area contributed by atoms with E-state index in [1.54, 1.807) is 11.3 Å². The van der Waals surface area contributed by atoms with E-state index in [0.717, 1.165) is 13.0 Å². The molecular weight excluding hydrogens is 284 g/mol. The predicted octanol–water partition coefficient (Wildman–Crippen LogP) is 2.77. The van der Waals surface area contributed by atoms with Crippen molar-refractivity contribution < 1.29 is 9.53 Å². The monoisotopic (exact) mass is 308 g/mol. The molecule has 1 aromatic rings. The fourth-order valence-corrected chi connectivity index (χ4v) is 4.34. The zero-order chi connectivity index (χ0) is 15.2. The lowest BCUT2D eigenvalue weighted by Gasteiger charge is -2.55. The Morgan fingerprint density at radius 2 is 2.29 bits per heavy atom. The van der Waals surface area contributed by atoms with Crippen molar-refractivity contribution in [1.82, 2.24) is 10.2 Å². The Balaban J connectivity index is 1.84. The van der Waals surface area contributed by atoms with E-state index in [1.165, 1.54) is 4.88 Å². The van der Waals surface area contributed by atoms with Gasteiger partial charge in [-0.05, 0) is 31.7 Å². The smallest absolute Gasteiger partial charge is 0.241 e. The van der Waals surface area contributed by atoms with Crippen LogP contribution in [0.4, 0.5) is 0 Å². The van der Waals surface area contributed by atoms with Crippen LogP contribution in [0.1, 0.15) is 45.2 Å². The van der Waals surface area contributed by atoms with E-state index in [4.69, 9.17) is 4.74 Å². The lowest BCUT2D eigenvalue weighted by Crippen LogP contribution is -2.63. The quantitative estimate of drug-likeness (QED) is 0.930. The molecule has 4 nitrogen and oxygen atoms in total. The predicted molar refractivity (Wildman–Crippen MR) is 84.1 cm³/mol. The summed E-state index contributed by atoms with van der Waals surface area (Å²) in [5.74, 6) is 0.210. The fourth-order valence-electron chi connectivity index (χ4n) is 3.56. The normalized spacial score (nSPS) is 35.0. The van der Waals surface area contributed by atoms with Gasteiger partial charge in [-0.3, -0.25) is 10.1 Å². The third-order valence-corrected chi connectivity index (χ3v) is 5.88. The molecule has 0 spiro atoms.